The van der Waals surface area contributed by atoms with Crippen molar-refractivity contribution in [3.8, 4) is 0 Å². The molecular formula is C24H36F6O3. The van der Waals surface area contributed by atoms with Crippen molar-refractivity contribution in [1.29, 1.82) is 0 Å². The fourth-order valence-corrected chi connectivity index (χ4v) is 6.09. The van der Waals surface area contributed by atoms with Gasteiger partial charge in [0.2, 0.25) is 0 Å². The van der Waals surface area contributed by atoms with E-state index in [0.29, 0.717) is 38.2 Å². The highest BCUT2D eigenvalue weighted by Gasteiger charge is 2.69. The topological polar surface area (TPSA) is 57.5 Å². The molecular weight excluding hydrogens is 450 g/mol. The maximum atomic E-state index is 13.2. The van der Waals surface area contributed by atoms with Crippen LogP contribution >= 0.6 is 0 Å². The predicted molar refractivity (Wildman–Crippen MR) is 112 cm³/mol. The zero-order chi connectivity index (χ0) is 30.5. The van der Waals surface area contributed by atoms with Crippen molar-refractivity contribution in [1.82, 2.24) is 0 Å². The third-order valence-corrected chi connectivity index (χ3v) is 7.80. The summed E-state index contributed by atoms with van der Waals surface area (Å²) in [5, 5.41) is 20.2. The predicted octanol–water partition coefficient (Wildman–Crippen LogP) is 6.52. The minimum Gasteiger partial charge on any atom is -0.390 e. The summed E-state index contributed by atoms with van der Waals surface area (Å²) < 4.78 is 125. The lowest BCUT2D eigenvalue weighted by Gasteiger charge is -2.48. The number of hydrogen-bond acceptors (Lipinski definition) is 3. The molecule has 0 aliphatic heterocycles. The first kappa shape index (κ1) is 20.1. The van der Waals surface area contributed by atoms with Crippen molar-refractivity contribution in [2.45, 2.75) is 109 Å². The van der Waals surface area contributed by atoms with Crippen molar-refractivity contribution >= 4 is 5.78 Å². The summed E-state index contributed by atoms with van der Waals surface area (Å²) in [7, 11) is 0. The monoisotopic (exact) mass is 492 g/mol. The molecule has 0 saturated heterocycles. The van der Waals surface area contributed by atoms with Crippen LogP contribution in [0.3, 0.4) is 0 Å². The van der Waals surface area contributed by atoms with Crippen LogP contribution in [0.4, 0.5) is 26.3 Å². The Morgan fingerprint density at radius 2 is 1.70 bits per heavy atom. The van der Waals surface area contributed by atoms with Gasteiger partial charge in [0.05, 0.1) is 5.60 Å². The van der Waals surface area contributed by atoms with Crippen LogP contribution in [-0.2, 0) is 4.79 Å². The number of fused-ring (bicyclic) bond motifs is 1. The van der Waals surface area contributed by atoms with E-state index < -0.39 is 60.9 Å². The second-order valence-electron chi connectivity index (χ2n) is 10.2. The molecule has 192 valence electrons. The van der Waals surface area contributed by atoms with Crippen molar-refractivity contribution in [3.05, 3.63) is 12.2 Å². The molecule has 9 heteroatoms. The van der Waals surface area contributed by atoms with E-state index in [-0.39, 0.29) is 36.5 Å². The van der Waals surface area contributed by atoms with Crippen LogP contribution < -0.4 is 0 Å². The summed E-state index contributed by atoms with van der Waals surface area (Å²) in [5.41, 5.74) is -9.90. The van der Waals surface area contributed by atoms with Crippen molar-refractivity contribution in [2.24, 2.45) is 22.7 Å². The molecule has 0 aromatic heterocycles. The minimum atomic E-state index is -6.05. The first-order chi connectivity index (χ1) is 17.3. The number of rotatable bonds is 8. The van der Waals surface area contributed by atoms with Crippen LogP contribution in [0.5, 0.6) is 0 Å². The number of Topliss-reactive ketones (excluding diaryl/α,β-unsaturated/α-hetero) is 1. The molecule has 0 bridgehead atoms. The summed E-state index contributed by atoms with van der Waals surface area (Å²) >= 11 is 0. The van der Waals surface area contributed by atoms with Crippen LogP contribution in [0.2, 0.25) is 0 Å². The number of aliphatic hydroxyl groups is 2. The van der Waals surface area contributed by atoms with Gasteiger partial charge in [0.1, 0.15) is 5.78 Å². The molecule has 2 fully saturated rings. The number of alkyl halides is 6. The maximum absolute atomic E-state index is 13.2. The molecule has 0 unspecified atom stereocenters. The lowest BCUT2D eigenvalue weighted by molar-refractivity contribution is -0.347. The zero-order valence-electron chi connectivity index (χ0n) is 24.7. The second-order valence-corrected chi connectivity index (χ2v) is 10.2. The molecule has 0 aromatic carbocycles. The molecule has 33 heavy (non-hydrogen) atoms. The lowest BCUT2D eigenvalue weighted by atomic mass is 9.56. The average Bonchev–Trinajstić information content (AvgIpc) is 3.09. The largest absolute Gasteiger partial charge is 0.429 e. The highest BCUT2D eigenvalue weighted by atomic mass is 19.4. The van der Waals surface area contributed by atoms with Crippen LogP contribution in [-0.4, -0.2) is 39.6 Å². The van der Waals surface area contributed by atoms with Crippen LogP contribution in [0.25, 0.3) is 0 Å². The molecule has 2 aliphatic rings. The van der Waals surface area contributed by atoms with Gasteiger partial charge in [-0.05, 0) is 81.5 Å². The third-order valence-electron chi connectivity index (χ3n) is 7.80. The number of carbonyl (C=O) groups excluding carboxylic acids is 1. The molecule has 0 heterocycles. The van der Waals surface area contributed by atoms with E-state index in [9.17, 15) is 41.4 Å². The molecule has 3 nitrogen and oxygen atoms in total. The van der Waals surface area contributed by atoms with E-state index in [0.717, 1.165) is 0 Å². The lowest BCUT2D eigenvalue weighted by Crippen LogP contribution is -2.55. The van der Waals surface area contributed by atoms with Gasteiger partial charge in [0.15, 0.2) is 0 Å². The summed E-state index contributed by atoms with van der Waals surface area (Å²) in [6, 6.07) is 0. The van der Waals surface area contributed by atoms with Crippen molar-refractivity contribution in [3.63, 3.8) is 0 Å². The summed E-state index contributed by atoms with van der Waals surface area (Å²) in [4.78, 5) is 12.6. The van der Waals surface area contributed by atoms with Gasteiger partial charge < -0.3 is 10.2 Å². The normalized spacial score (nSPS) is 32.8. The quantitative estimate of drug-likeness (QED) is 0.300. The standard InChI is InChI=1S/C24H36F6O3/c1-19(2,32)11-6-12-20(3,13-7-15-22(33,23(25,26)27)24(28,29)30)18-10-9-16-17(31)8-5-14-21(16,18)4/h7,15-16,18,32-33H,5-6,8-14H2,1-4H3/b15-7+/t16-,18+,20-,21-/m0/s1/i1D3,2D3. The van der Waals surface area contributed by atoms with E-state index in [1.54, 1.807) is 6.92 Å². The molecule has 4 atom stereocenters. The fraction of sp³-hybridized carbons (Fsp3) is 0.875. The van der Waals surface area contributed by atoms with Crippen LogP contribution in [0.1, 0.15) is 93.6 Å². The Balaban J connectivity index is 2.45. The van der Waals surface area contributed by atoms with Gasteiger partial charge in [-0.2, -0.15) is 26.3 Å². The molecule has 2 rings (SSSR count). The van der Waals surface area contributed by atoms with Gasteiger partial charge in [-0.1, -0.05) is 26.3 Å². The smallest absolute Gasteiger partial charge is 0.390 e. The maximum Gasteiger partial charge on any atom is 0.429 e. The minimum absolute atomic E-state index is 0.0341. The Labute approximate surface area is 200 Å². The van der Waals surface area contributed by atoms with Crippen molar-refractivity contribution in [2.75, 3.05) is 0 Å². The van der Waals surface area contributed by atoms with Gasteiger partial charge >= 0.3 is 12.4 Å². The zero-order valence-corrected chi connectivity index (χ0v) is 18.7. The number of ketones is 1. The van der Waals surface area contributed by atoms with E-state index >= 15 is 0 Å². The number of carbonyl (C=O) groups is 1. The van der Waals surface area contributed by atoms with E-state index in [1.165, 1.54) is 0 Å². The van der Waals surface area contributed by atoms with Gasteiger partial charge in [-0.15, -0.1) is 0 Å². The molecule has 0 aromatic rings. The van der Waals surface area contributed by atoms with Crippen LogP contribution in [0.15, 0.2) is 12.2 Å². The van der Waals surface area contributed by atoms with Gasteiger partial charge in [-0.25, -0.2) is 0 Å². The molecule has 0 radical (unpaired) electrons. The Bertz CT molecular complexity index is 901. The van der Waals surface area contributed by atoms with Gasteiger partial charge in [-0.3, -0.25) is 4.79 Å². The number of hydrogen-bond donors (Lipinski definition) is 2. The molecule has 0 spiro atoms. The molecule has 2 N–H and O–H groups in total. The SMILES string of the molecule is [2H]C([2H])([2H])C(O)(CCC[C@@](C)(C/C=C/C(O)(C(F)(F)F)C(F)(F)F)[C@H]1CC[C@H]2C(=O)CCC[C@]12C)C([2H])([2H])[2H]. The molecule has 2 aliphatic carbocycles. The van der Waals surface area contributed by atoms with Crippen LogP contribution in [0, 0.1) is 22.7 Å². The van der Waals surface area contributed by atoms with Crippen molar-refractivity contribution < 1.29 is 49.6 Å². The Morgan fingerprint density at radius 3 is 2.24 bits per heavy atom. The molecule has 2 saturated carbocycles. The summed E-state index contributed by atoms with van der Waals surface area (Å²) in [5.74, 6) is -0.697. The second kappa shape index (κ2) is 9.17. The average molecular weight is 493 g/mol. The fourth-order valence-electron chi connectivity index (χ4n) is 6.09. The number of allylic oxidation sites excluding steroid dienone is 1. The third kappa shape index (κ3) is 5.77. The van der Waals surface area contributed by atoms with E-state index in [2.05, 4.69) is 0 Å². The highest BCUT2D eigenvalue weighted by molar-refractivity contribution is 5.83. The van der Waals surface area contributed by atoms with E-state index in [4.69, 9.17) is 8.22 Å². The first-order valence-corrected chi connectivity index (χ1v) is 11.1. The Morgan fingerprint density at radius 1 is 1.09 bits per heavy atom. The summed E-state index contributed by atoms with van der Waals surface area (Å²) in [6.45, 7) is -3.12. The van der Waals surface area contributed by atoms with E-state index in [1.807, 2.05) is 6.92 Å². The summed E-state index contributed by atoms with van der Waals surface area (Å²) in [6.07, 6.45) is -10.8. The Hall–Kier alpha value is -1.09. The van der Waals surface area contributed by atoms with Gasteiger partial charge in [0.25, 0.3) is 5.60 Å². The highest BCUT2D eigenvalue weighted by Crippen LogP contribution is 2.61. The molecule has 0 amide bonds. The van der Waals surface area contributed by atoms with Gasteiger partial charge in [0, 0.05) is 20.6 Å². The first-order valence-electron chi connectivity index (χ1n) is 14.1. The number of halogens is 6. The Kier molecular flexibility index (Phi) is 5.60.